The third kappa shape index (κ3) is 5.22. The monoisotopic (exact) mass is 690 g/mol. The molecule has 0 saturated carbocycles. The highest BCUT2D eigenvalue weighted by molar-refractivity contribution is 5.88. The number of nitrogens with one attached hydrogen (secondary N) is 1. The Hall–Kier alpha value is -4.18. The number of nitrogens with zero attached hydrogens (tertiary/aromatic N) is 3. The minimum absolute atomic E-state index is 0.0258. The number of carbonyl (C=O) groups is 2. The first kappa shape index (κ1) is 33.9. The summed E-state index contributed by atoms with van der Waals surface area (Å²) in [6.07, 6.45) is 5.87. The molecule has 268 valence electrons. The van der Waals surface area contributed by atoms with Crippen molar-refractivity contribution < 1.29 is 24.2 Å². The lowest BCUT2D eigenvalue weighted by Gasteiger charge is -2.47. The van der Waals surface area contributed by atoms with Crippen LogP contribution in [-0.4, -0.2) is 89.9 Å². The maximum atomic E-state index is 13.9. The molecule has 4 bridgehead atoms. The van der Waals surface area contributed by atoms with Crippen molar-refractivity contribution in [1.82, 2.24) is 19.4 Å². The van der Waals surface area contributed by atoms with Crippen LogP contribution in [0.1, 0.15) is 61.3 Å². The van der Waals surface area contributed by atoms with Crippen LogP contribution in [-0.2, 0) is 31.9 Å². The number of likely N-dealkylation sites (tertiary alicyclic amines) is 2. The van der Waals surface area contributed by atoms with Gasteiger partial charge in [0.25, 0.3) is 0 Å². The van der Waals surface area contributed by atoms with Gasteiger partial charge in [-0.3, -0.25) is 19.4 Å². The van der Waals surface area contributed by atoms with Crippen molar-refractivity contribution in [1.29, 1.82) is 0 Å². The highest BCUT2D eigenvalue weighted by Gasteiger charge is 2.50. The highest BCUT2D eigenvalue weighted by atomic mass is 16.5. The Labute approximate surface area is 299 Å². The Morgan fingerprint density at radius 2 is 1.33 bits per heavy atom. The summed E-state index contributed by atoms with van der Waals surface area (Å²) in [5, 5.41) is 14.9. The molecule has 2 aromatic carbocycles. The average molecular weight is 691 g/mol. The molecule has 0 amide bonds. The lowest BCUT2D eigenvalue weighted by molar-refractivity contribution is -0.152. The number of aliphatic hydroxyl groups is 1. The lowest BCUT2D eigenvalue weighted by Crippen LogP contribution is -2.54. The van der Waals surface area contributed by atoms with Crippen molar-refractivity contribution in [3.05, 3.63) is 94.3 Å². The molecule has 9 heteroatoms. The summed E-state index contributed by atoms with van der Waals surface area (Å²) in [6, 6.07) is 16.6. The number of H-pyrrole nitrogens is 1. The van der Waals surface area contributed by atoms with E-state index in [0.29, 0.717) is 25.7 Å². The Bertz CT molecular complexity index is 2070. The number of benzene rings is 2. The van der Waals surface area contributed by atoms with E-state index in [9.17, 15) is 14.7 Å². The molecule has 9 nitrogen and oxygen atoms in total. The molecule has 2 saturated heterocycles. The molecule has 8 atom stereocenters. The second-order valence-electron chi connectivity index (χ2n) is 15.2. The Morgan fingerprint density at radius 3 is 1.94 bits per heavy atom. The summed E-state index contributed by atoms with van der Waals surface area (Å²) >= 11 is 0. The molecule has 0 radical (unpaired) electrons. The van der Waals surface area contributed by atoms with Gasteiger partial charge in [0.05, 0.1) is 43.9 Å². The number of aliphatic hydroxyl groups excluding tert-OH is 1. The average Bonchev–Trinajstić information content (AvgIpc) is 3.65. The fourth-order valence-electron chi connectivity index (χ4n) is 10.6. The number of aromatic nitrogens is 2. The fraction of sp³-hybridized carbons (Fsp3) is 0.476. The van der Waals surface area contributed by atoms with Gasteiger partial charge in [-0.25, -0.2) is 0 Å². The molecule has 4 aromatic rings. The van der Waals surface area contributed by atoms with E-state index in [2.05, 4.69) is 101 Å². The Kier molecular flexibility index (Phi) is 8.72. The first-order chi connectivity index (χ1) is 24.7. The van der Waals surface area contributed by atoms with Crippen LogP contribution in [0, 0.1) is 23.7 Å². The highest BCUT2D eigenvalue weighted by Crippen LogP contribution is 2.51. The zero-order chi connectivity index (χ0) is 35.7. The first-order valence-corrected chi connectivity index (χ1v) is 18.5. The van der Waals surface area contributed by atoms with Gasteiger partial charge in [0, 0.05) is 52.7 Å². The largest absolute Gasteiger partial charge is 0.469 e. The molecule has 4 aliphatic rings. The molecule has 4 heterocycles. The van der Waals surface area contributed by atoms with E-state index in [1.54, 1.807) is 0 Å². The van der Waals surface area contributed by atoms with Gasteiger partial charge in [0.2, 0.25) is 0 Å². The molecule has 2 aliphatic carbocycles. The van der Waals surface area contributed by atoms with Gasteiger partial charge in [-0.2, -0.15) is 0 Å². The second kappa shape index (κ2) is 13.1. The van der Waals surface area contributed by atoms with Crippen molar-refractivity contribution in [2.24, 2.45) is 23.7 Å². The fourth-order valence-corrected chi connectivity index (χ4v) is 10.6. The molecule has 2 aromatic heterocycles. The van der Waals surface area contributed by atoms with Crippen molar-refractivity contribution in [3.8, 4) is 0 Å². The van der Waals surface area contributed by atoms with Crippen LogP contribution in [0.5, 0.6) is 0 Å². The van der Waals surface area contributed by atoms with Crippen molar-refractivity contribution in [3.63, 3.8) is 0 Å². The predicted molar refractivity (Wildman–Crippen MR) is 198 cm³/mol. The van der Waals surface area contributed by atoms with Crippen molar-refractivity contribution in [2.45, 2.75) is 63.8 Å². The van der Waals surface area contributed by atoms with E-state index in [0.717, 1.165) is 52.0 Å². The maximum Gasteiger partial charge on any atom is 0.310 e. The molecule has 51 heavy (non-hydrogen) atoms. The summed E-state index contributed by atoms with van der Waals surface area (Å²) in [5.74, 6) is -1.33. The number of esters is 2. The van der Waals surface area contributed by atoms with E-state index in [4.69, 9.17) is 9.47 Å². The summed E-state index contributed by atoms with van der Waals surface area (Å²) in [4.78, 5) is 35.9. The predicted octanol–water partition coefficient (Wildman–Crippen LogP) is 5.97. The molecule has 2 N–H and O–H groups in total. The van der Waals surface area contributed by atoms with Crippen LogP contribution < -0.4 is 0 Å². The lowest BCUT2D eigenvalue weighted by atomic mass is 9.69. The van der Waals surface area contributed by atoms with Gasteiger partial charge in [-0.1, -0.05) is 59.7 Å². The zero-order valence-electron chi connectivity index (χ0n) is 30.6. The number of likely N-dealkylation sites (N-methyl/N-ethyl adjacent to an activating group) is 2. The van der Waals surface area contributed by atoms with Gasteiger partial charge in [0.15, 0.2) is 0 Å². The molecule has 2 aliphatic heterocycles. The van der Waals surface area contributed by atoms with Crippen molar-refractivity contribution >= 4 is 33.7 Å². The molecule has 0 spiro atoms. The summed E-state index contributed by atoms with van der Waals surface area (Å²) < 4.78 is 13.4. The number of methoxy groups -OCH3 is 2. The molecular formula is C42H50N4O5. The second-order valence-corrected chi connectivity index (χ2v) is 15.2. The van der Waals surface area contributed by atoms with Gasteiger partial charge >= 0.3 is 11.9 Å². The van der Waals surface area contributed by atoms with Crippen LogP contribution in [0.15, 0.2) is 71.8 Å². The van der Waals surface area contributed by atoms with E-state index < -0.39 is 6.10 Å². The van der Waals surface area contributed by atoms with Crippen LogP contribution in [0.4, 0.5) is 0 Å². The molecular weight excluding hydrogens is 640 g/mol. The Balaban J connectivity index is 1.41. The molecule has 2 fully saturated rings. The van der Waals surface area contributed by atoms with E-state index in [1.807, 2.05) is 6.92 Å². The zero-order valence-corrected chi connectivity index (χ0v) is 30.6. The molecule has 8 rings (SSSR count). The number of hydrogen-bond acceptors (Lipinski definition) is 7. The standard InChI is InChI=1S/C42H50N4O5/c1-7-23-21-44(3)33-18-29-25-13-9-11-15-31(25)43-39(29)35(17-27(23)37(33)41(48)50-5)46-32-16-12-10-14-26(32)30-19-34-38(42(49)51-6)28(20-36(47)40(30)46)24(8-2)22-45(34)4/h7-16,27-28,33-38,43,47H,17-22H2,1-6H3/b23-7-,24-8+/t27-,28-,33-,34-,35-,36+,37-,38+/m0/s1. The third-order valence-corrected chi connectivity index (χ3v) is 13.0. The third-order valence-electron chi connectivity index (χ3n) is 13.0. The van der Waals surface area contributed by atoms with Gasteiger partial charge < -0.3 is 24.1 Å². The topological polar surface area (TPSA) is 100 Å². The summed E-state index contributed by atoms with van der Waals surface area (Å²) in [5.41, 5.74) is 8.88. The number of rotatable bonds is 3. The normalized spacial score (nSPS) is 31.4. The number of aromatic amines is 1. The van der Waals surface area contributed by atoms with Crippen LogP contribution >= 0.6 is 0 Å². The number of piperidine rings is 2. The maximum absolute atomic E-state index is 13.9. The number of allylic oxidation sites excluding steroid dienone is 2. The number of carbonyl (C=O) groups excluding carboxylic acids is 2. The van der Waals surface area contributed by atoms with E-state index in [-0.39, 0.29) is 53.7 Å². The van der Waals surface area contributed by atoms with Crippen molar-refractivity contribution in [2.75, 3.05) is 41.4 Å². The first-order valence-electron chi connectivity index (χ1n) is 18.5. The van der Waals surface area contributed by atoms with E-state index in [1.165, 1.54) is 30.7 Å². The van der Waals surface area contributed by atoms with Crippen LogP contribution in [0.3, 0.4) is 0 Å². The number of para-hydroxylation sites is 2. The van der Waals surface area contributed by atoms with Crippen LogP contribution in [0.25, 0.3) is 21.8 Å². The van der Waals surface area contributed by atoms with E-state index >= 15 is 0 Å². The number of fused-ring (bicyclic) bond motifs is 10. The number of ether oxygens (including phenoxy) is 2. The minimum Gasteiger partial charge on any atom is -0.469 e. The minimum atomic E-state index is -0.829. The number of hydrogen-bond donors (Lipinski definition) is 2. The SMILES string of the molecule is C/C=C1\CN(C)[C@H]2Cc3c(n([C@H]4C[C@H]5/C(=C\C)CN(C)[C@@H](Cc6c4[nH]c4ccccc64)[C@H]5C(=O)OC)c4ccccc34)[C@H](O)C[C@@H]1[C@H]2C(=O)OC. The van der Waals surface area contributed by atoms with Gasteiger partial charge in [-0.05, 0) is 88.7 Å². The smallest absolute Gasteiger partial charge is 0.310 e. The van der Waals surface area contributed by atoms with Gasteiger partial charge in [0.1, 0.15) is 0 Å². The Morgan fingerprint density at radius 1 is 0.784 bits per heavy atom. The summed E-state index contributed by atoms with van der Waals surface area (Å²) in [6.45, 7) is 5.64. The quantitative estimate of drug-likeness (QED) is 0.202. The van der Waals surface area contributed by atoms with Gasteiger partial charge in [-0.15, -0.1) is 0 Å². The summed E-state index contributed by atoms with van der Waals surface area (Å²) in [7, 11) is 7.21. The van der Waals surface area contributed by atoms with Crippen LogP contribution in [0.2, 0.25) is 0 Å². The molecule has 0 unspecified atom stereocenters.